The number of imidazole rings is 1. The number of nitrogens with one attached hydrogen (secondary N) is 2. The molecule has 98 valence electrons. The highest BCUT2D eigenvalue weighted by atomic mass is 15.1. The predicted molar refractivity (Wildman–Crippen MR) is 77.7 cm³/mol. The topological polar surface area (TPSA) is 66.7 Å². The van der Waals surface area contributed by atoms with Gasteiger partial charge in [0.1, 0.15) is 0 Å². The van der Waals surface area contributed by atoms with E-state index in [9.17, 15) is 0 Å². The Hall–Kier alpha value is -1.71. The zero-order valence-electron chi connectivity index (χ0n) is 11.2. The van der Waals surface area contributed by atoms with Crippen molar-refractivity contribution in [3.63, 3.8) is 0 Å². The summed E-state index contributed by atoms with van der Waals surface area (Å²) in [4.78, 5) is 7.76. The van der Waals surface area contributed by atoms with Crippen LogP contribution in [0, 0.1) is 0 Å². The highest BCUT2D eigenvalue weighted by Crippen LogP contribution is 2.18. The predicted octanol–water partition coefficient (Wildman–Crippen LogP) is 3.53. The molecule has 0 spiro atoms. The summed E-state index contributed by atoms with van der Waals surface area (Å²) in [6.07, 6.45) is 4.99. The standard InChI is InChI=1S/C14H22N4/c1-3-4-5-6-10(2)16-14-17-12-8-7-11(15)9-13(12)18-14/h7-10H,3-6,15H2,1-2H3,(H2,16,17,18). The lowest BCUT2D eigenvalue weighted by molar-refractivity contribution is 0.613. The SMILES string of the molecule is CCCCCC(C)Nc1nc2ccc(N)cc2[nH]1. The third-order valence-corrected chi connectivity index (χ3v) is 3.13. The van der Waals surface area contributed by atoms with Crippen molar-refractivity contribution < 1.29 is 0 Å². The molecule has 0 aliphatic carbocycles. The minimum atomic E-state index is 0.439. The summed E-state index contributed by atoms with van der Waals surface area (Å²) < 4.78 is 0. The van der Waals surface area contributed by atoms with Crippen LogP contribution >= 0.6 is 0 Å². The highest BCUT2D eigenvalue weighted by molar-refractivity contribution is 5.80. The Kier molecular flexibility index (Phi) is 4.07. The summed E-state index contributed by atoms with van der Waals surface area (Å²) >= 11 is 0. The molecule has 18 heavy (non-hydrogen) atoms. The van der Waals surface area contributed by atoms with Gasteiger partial charge in [-0.3, -0.25) is 0 Å². The Balaban J connectivity index is 1.98. The molecule has 0 saturated carbocycles. The van der Waals surface area contributed by atoms with Crippen molar-refractivity contribution in [3.8, 4) is 0 Å². The van der Waals surface area contributed by atoms with Gasteiger partial charge in [-0.15, -0.1) is 0 Å². The number of hydrogen-bond acceptors (Lipinski definition) is 3. The minimum Gasteiger partial charge on any atom is -0.399 e. The second-order valence-electron chi connectivity index (χ2n) is 4.90. The number of rotatable bonds is 6. The maximum absolute atomic E-state index is 5.75. The number of aromatic amines is 1. The lowest BCUT2D eigenvalue weighted by atomic mass is 10.1. The van der Waals surface area contributed by atoms with Gasteiger partial charge in [0.2, 0.25) is 5.95 Å². The van der Waals surface area contributed by atoms with Gasteiger partial charge in [-0.25, -0.2) is 4.98 Å². The quantitative estimate of drug-likeness (QED) is 0.539. The molecule has 0 fully saturated rings. The lowest BCUT2D eigenvalue weighted by Gasteiger charge is -2.12. The van der Waals surface area contributed by atoms with Gasteiger partial charge >= 0.3 is 0 Å². The summed E-state index contributed by atoms with van der Waals surface area (Å²) in [5.41, 5.74) is 8.44. The molecule has 2 aromatic rings. The first-order valence-corrected chi connectivity index (χ1v) is 6.71. The molecular formula is C14H22N4. The van der Waals surface area contributed by atoms with E-state index in [1.807, 2.05) is 18.2 Å². The van der Waals surface area contributed by atoms with Gasteiger partial charge < -0.3 is 16.0 Å². The molecule has 0 saturated heterocycles. The van der Waals surface area contributed by atoms with Crippen LogP contribution in [0.5, 0.6) is 0 Å². The number of fused-ring (bicyclic) bond motifs is 1. The van der Waals surface area contributed by atoms with Gasteiger partial charge in [0, 0.05) is 11.7 Å². The average Bonchev–Trinajstić information content (AvgIpc) is 2.70. The van der Waals surface area contributed by atoms with Crippen LogP contribution in [0.15, 0.2) is 18.2 Å². The number of nitrogen functional groups attached to an aromatic ring is 1. The number of H-pyrrole nitrogens is 1. The molecule has 4 N–H and O–H groups in total. The number of hydrogen-bond donors (Lipinski definition) is 3. The number of nitrogens with two attached hydrogens (primary N) is 1. The van der Waals surface area contributed by atoms with Gasteiger partial charge in [-0.2, -0.15) is 0 Å². The summed E-state index contributed by atoms with van der Waals surface area (Å²) in [6, 6.07) is 6.16. The molecule has 1 aromatic heterocycles. The fourth-order valence-electron chi connectivity index (χ4n) is 2.10. The van der Waals surface area contributed by atoms with E-state index in [2.05, 4.69) is 29.1 Å². The molecule has 1 heterocycles. The maximum atomic E-state index is 5.75. The number of unbranched alkanes of at least 4 members (excludes halogenated alkanes) is 2. The van der Waals surface area contributed by atoms with Crippen LogP contribution in [-0.4, -0.2) is 16.0 Å². The van der Waals surface area contributed by atoms with Crippen LogP contribution in [0.2, 0.25) is 0 Å². The molecule has 0 aliphatic heterocycles. The van der Waals surface area contributed by atoms with Crippen molar-refractivity contribution in [2.75, 3.05) is 11.1 Å². The number of anilines is 2. The van der Waals surface area contributed by atoms with E-state index in [-0.39, 0.29) is 0 Å². The van der Waals surface area contributed by atoms with E-state index in [0.717, 1.165) is 22.7 Å². The van der Waals surface area contributed by atoms with Crippen LogP contribution < -0.4 is 11.1 Å². The van der Waals surface area contributed by atoms with E-state index in [4.69, 9.17) is 5.73 Å². The van der Waals surface area contributed by atoms with Crippen LogP contribution in [-0.2, 0) is 0 Å². The molecule has 4 nitrogen and oxygen atoms in total. The van der Waals surface area contributed by atoms with Crippen LogP contribution in [0.4, 0.5) is 11.6 Å². The van der Waals surface area contributed by atoms with E-state index in [0.29, 0.717) is 6.04 Å². The third-order valence-electron chi connectivity index (χ3n) is 3.13. The lowest BCUT2D eigenvalue weighted by Crippen LogP contribution is -2.15. The first-order valence-electron chi connectivity index (χ1n) is 6.71. The Bertz CT molecular complexity index is 503. The Morgan fingerprint density at radius 2 is 2.22 bits per heavy atom. The molecule has 0 amide bonds. The van der Waals surface area contributed by atoms with Gasteiger partial charge in [-0.1, -0.05) is 26.2 Å². The third kappa shape index (κ3) is 3.15. The van der Waals surface area contributed by atoms with E-state index in [1.165, 1.54) is 25.7 Å². The van der Waals surface area contributed by atoms with Gasteiger partial charge in [0.25, 0.3) is 0 Å². The van der Waals surface area contributed by atoms with Crippen molar-refractivity contribution in [3.05, 3.63) is 18.2 Å². The van der Waals surface area contributed by atoms with Gasteiger partial charge in [0.15, 0.2) is 0 Å². The molecule has 0 bridgehead atoms. The molecule has 2 rings (SSSR count). The normalized spacial score (nSPS) is 12.8. The minimum absolute atomic E-state index is 0.439. The zero-order chi connectivity index (χ0) is 13.0. The molecule has 0 aliphatic rings. The summed E-state index contributed by atoms with van der Waals surface area (Å²) in [5, 5.41) is 3.40. The number of nitrogens with zero attached hydrogens (tertiary/aromatic N) is 1. The number of benzene rings is 1. The first kappa shape index (κ1) is 12.7. The van der Waals surface area contributed by atoms with Crippen LogP contribution in [0.3, 0.4) is 0 Å². The molecule has 4 heteroatoms. The fraction of sp³-hybridized carbons (Fsp3) is 0.500. The summed E-state index contributed by atoms with van der Waals surface area (Å²) in [6.45, 7) is 4.42. The molecule has 1 atom stereocenters. The van der Waals surface area contributed by atoms with Crippen molar-refractivity contribution in [2.24, 2.45) is 0 Å². The maximum Gasteiger partial charge on any atom is 0.201 e. The average molecular weight is 246 g/mol. The van der Waals surface area contributed by atoms with E-state index < -0.39 is 0 Å². The smallest absolute Gasteiger partial charge is 0.201 e. The van der Waals surface area contributed by atoms with Gasteiger partial charge in [0.05, 0.1) is 11.0 Å². The second-order valence-corrected chi connectivity index (χ2v) is 4.90. The number of aromatic nitrogens is 2. The van der Waals surface area contributed by atoms with Gasteiger partial charge in [-0.05, 0) is 31.5 Å². The van der Waals surface area contributed by atoms with Crippen molar-refractivity contribution in [2.45, 2.75) is 45.6 Å². The van der Waals surface area contributed by atoms with E-state index >= 15 is 0 Å². The molecule has 1 unspecified atom stereocenters. The Morgan fingerprint density at radius 3 is 3.00 bits per heavy atom. The summed E-state index contributed by atoms with van der Waals surface area (Å²) in [5.74, 6) is 0.833. The first-order chi connectivity index (χ1) is 8.69. The highest BCUT2D eigenvalue weighted by Gasteiger charge is 2.06. The second kappa shape index (κ2) is 5.76. The molecular weight excluding hydrogens is 224 g/mol. The van der Waals surface area contributed by atoms with Crippen molar-refractivity contribution in [1.82, 2.24) is 9.97 Å². The van der Waals surface area contributed by atoms with Crippen molar-refractivity contribution >= 4 is 22.7 Å². The molecule has 1 aromatic carbocycles. The van der Waals surface area contributed by atoms with Crippen LogP contribution in [0.1, 0.15) is 39.5 Å². The van der Waals surface area contributed by atoms with E-state index in [1.54, 1.807) is 0 Å². The Labute approximate surface area is 108 Å². The Morgan fingerprint density at radius 1 is 1.39 bits per heavy atom. The summed E-state index contributed by atoms with van der Waals surface area (Å²) in [7, 11) is 0. The monoisotopic (exact) mass is 246 g/mol. The van der Waals surface area contributed by atoms with Crippen molar-refractivity contribution in [1.29, 1.82) is 0 Å². The molecule has 0 radical (unpaired) electrons. The largest absolute Gasteiger partial charge is 0.399 e. The van der Waals surface area contributed by atoms with Crippen LogP contribution in [0.25, 0.3) is 11.0 Å². The zero-order valence-corrected chi connectivity index (χ0v) is 11.2. The fourth-order valence-corrected chi connectivity index (χ4v) is 2.10.